The van der Waals surface area contributed by atoms with Gasteiger partial charge in [0.2, 0.25) is 5.78 Å². The number of methoxy groups -OCH3 is 1. The molecule has 0 aromatic heterocycles. The van der Waals surface area contributed by atoms with E-state index in [-0.39, 0.29) is 17.9 Å². The summed E-state index contributed by atoms with van der Waals surface area (Å²) >= 11 is 0. The van der Waals surface area contributed by atoms with Gasteiger partial charge in [0, 0.05) is 12.7 Å². The summed E-state index contributed by atoms with van der Waals surface area (Å²) in [6.07, 6.45) is -0.261. The summed E-state index contributed by atoms with van der Waals surface area (Å²) < 4.78 is 5.62. The van der Waals surface area contributed by atoms with Crippen LogP contribution >= 0.6 is 0 Å². The van der Waals surface area contributed by atoms with Crippen LogP contribution in [0.3, 0.4) is 0 Å². The lowest BCUT2D eigenvalue weighted by Crippen LogP contribution is -2.89. The van der Waals surface area contributed by atoms with Crippen molar-refractivity contribution < 1.29 is 14.8 Å². The molecule has 0 aliphatic heterocycles. The zero-order valence-corrected chi connectivity index (χ0v) is 12.7. The average Bonchev–Trinajstić information content (AvgIpc) is 2.54. The largest absolute Gasteiger partial charge is 0.370 e. The molecule has 2 aromatic carbocycles. The Labute approximate surface area is 126 Å². The molecule has 0 radical (unpaired) electrons. The zero-order valence-electron chi connectivity index (χ0n) is 12.7. The van der Waals surface area contributed by atoms with Crippen molar-refractivity contribution >= 4 is 5.78 Å². The highest BCUT2D eigenvalue weighted by Gasteiger charge is 2.32. The summed E-state index contributed by atoms with van der Waals surface area (Å²) in [6.45, 7) is 2.05. The van der Waals surface area contributed by atoms with E-state index in [0.717, 1.165) is 11.1 Å². The number of carbonyl (C=O) groups excluding carboxylic acids is 1. The number of ether oxygens (including phenoxy) is 1. The van der Waals surface area contributed by atoms with Crippen LogP contribution in [0.1, 0.15) is 27.6 Å². The first-order valence-corrected chi connectivity index (χ1v) is 7.15. The zero-order chi connectivity index (χ0) is 15.2. The van der Waals surface area contributed by atoms with Crippen LogP contribution in [-0.2, 0) is 4.74 Å². The highest BCUT2D eigenvalue weighted by molar-refractivity contribution is 5.99. The van der Waals surface area contributed by atoms with Crippen molar-refractivity contribution in [3.63, 3.8) is 0 Å². The van der Waals surface area contributed by atoms with Gasteiger partial charge in [-0.2, -0.15) is 0 Å². The minimum absolute atomic E-state index is 0.0884. The van der Waals surface area contributed by atoms with Crippen LogP contribution in [0.2, 0.25) is 0 Å². The molecule has 0 spiro atoms. The second kappa shape index (κ2) is 7.16. The molecule has 3 nitrogen and oxygen atoms in total. The van der Waals surface area contributed by atoms with Gasteiger partial charge in [-0.1, -0.05) is 60.2 Å². The molecule has 2 atom stereocenters. The van der Waals surface area contributed by atoms with Crippen LogP contribution in [0.15, 0.2) is 54.6 Å². The summed E-state index contributed by atoms with van der Waals surface area (Å²) in [6, 6.07) is 17.2. The molecule has 0 heterocycles. The van der Waals surface area contributed by atoms with E-state index in [1.54, 1.807) is 7.11 Å². The number of nitrogens with two attached hydrogens (primary N) is 1. The smallest absolute Gasteiger partial charge is 0.222 e. The number of hydrogen-bond acceptors (Lipinski definition) is 2. The number of benzene rings is 2. The number of carbonyl (C=O) groups is 1. The predicted octanol–water partition coefficient (Wildman–Crippen LogP) is 2.13. The highest BCUT2D eigenvalue weighted by Crippen LogP contribution is 2.21. The van der Waals surface area contributed by atoms with E-state index in [9.17, 15) is 4.79 Å². The second-order valence-corrected chi connectivity index (χ2v) is 5.16. The number of hydrogen-bond donors (Lipinski definition) is 1. The molecule has 0 aliphatic rings. The molecule has 0 unspecified atom stereocenters. The molecule has 0 saturated heterocycles. The Morgan fingerprint density at radius 1 is 1.05 bits per heavy atom. The van der Waals surface area contributed by atoms with E-state index in [1.807, 2.05) is 73.9 Å². The Kier molecular flexibility index (Phi) is 5.26. The number of rotatable bonds is 6. The van der Waals surface area contributed by atoms with Crippen LogP contribution in [0.4, 0.5) is 0 Å². The van der Waals surface area contributed by atoms with Gasteiger partial charge in [0.1, 0.15) is 6.10 Å². The summed E-state index contributed by atoms with van der Waals surface area (Å²) in [5, 5.41) is 1.92. The molecule has 2 aromatic rings. The molecule has 21 heavy (non-hydrogen) atoms. The molecule has 2 N–H and O–H groups in total. The van der Waals surface area contributed by atoms with Crippen LogP contribution in [0, 0.1) is 6.92 Å². The summed E-state index contributed by atoms with van der Waals surface area (Å²) in [7, 11) is 3.56. The minimum atomic E-state index is -0.292. The first-order valence-electron chi connectivity index (χ1n) is 7.15. The summed E-state index contributed by atoms with van der Waals surface area (Å²) in [4.78, 5) is 12.7. The maximum absolute atomic E-state index is 12.7. The summed E-state index contributed by atoms with van der Waals surface area (Å²) in [5.74, 6) is 0.0884. The van der Waals surface area contributed by atoms with Gasteiger partial charge in [-0.05, 0) is 12.5 Å². The quantitative estimate of drug-likeness (QED) is 0.826. The fourth-order valence-corrected chi connectivity index (χ4v) is 2.50. The maximum Gasteiger partial charge on any atom is 0.222 e. The fraction of sp³-hybridized carbons (Fsp3) is 0.278. The highest BCUT2D eigenvalue weighted by atomic mass is 16.5. The fourth-order valence-electron chi connectivity index (χ4n) is 2.50. The van der Waals surface area contributed by atoms with E-state index in [4.69, 9.17) is 4.74 Å². The van der Waals surface area contributed by atoms with Gasteiger partial charge in [0.25, 0.3) is 0 Å². The van der Waals surface area contributed by atoms with Crippen molar-refractivity contribution in [3.05, 3.63) is 71.3 Å². The van der Waals surface area contributed by atoms with Crippen LogP contribution < -0.4 is 5.32 Å². The Hall–Kier alpha value is -1.97. The first kappa shape index (κ1) is 15.4. The molecular weight excluding hydrogens is 262 g/mol. The van der Waals surface area contributed by atoms with Crippen molar-refractivity contribution in [2.24, 2.45) is 0 Å². The molecule has 2 rings (SSSR count). The number of ketones is 1. The van der Waals surface area contributed by atoms with Gasteiger partial charge in [-0.15, -0.1) is 0 Å². The van der Waals surface area contributed by atoms with Crippen molar-refractivity contribution in [3.8, 4) is 0 Å². The van der Waals surface area contributed by atoms with Crippen molar-refractivity contribution in [2.75, 3.05) is 14.2 Å². The van der Waals surface area contributed by atoms with Crippen molar-refractivity contribution in [1.29, 1.82) is 0 Å². The van der Waals surface area contributed by atoms with E-state index in [2.05, 4.69) is 0 Å². The maximum atomic E-state index is 12.7. The third-order valence-corrected chi connectivity index (χ3v) is 3.71. The lowest BCUT2D eigenvalue weighted by atomic mass is 9.94. The average molecular weight is 284 g/mol. The van der Waals surface area contributed by atoms with E-state index in [1.165, 1.54) is 5.56 Å². The third kappa shape index (κ3) is 3.57. The lowest BCUT2D eigenvalue weighted by Gasteiger charge is -2.22. The van der Waals surface area contributed by atoms with Crippen LogP contribution in [0.5, 0.6) is 0 Å². The Bertz CT molecular complexity index is 578. The van der Waals surface area contributed by atoms with Crippen LogP contribution in [0.25, 0.3) is 0 Å². The normalized spacial score (nSPS) is 13.7. The molecule has 0 bridgehead atoms. The number of quaternary nitrogens is 1. The number of Topliss-reactive ketones (excluding diaryl/α,β-unsaturated/α-hetero) is 1. The minimum Gasteiger partial charge on any atom is -0.370 e. The molecule has 0 amide bonds. The van der Waals surface area contributed by atoms with Crippen LogP contribution in [-0.4, -0.2) is 26.0 Å². The van der Waals surface area contributed by atoms with E-state index >= 15 is 0 Å². The molecule has 0 saturated carbocycles. The van der Waals surface area contributed by atoms with E-state index < -0.39 is 0 Å². The van der Waals surface area contributed by atoms with Gasteiger partial charge >= 0.3 is 0 Å². The standard InChI is InChI=1S/C18H21NO2/c1-13-9-11-15(12-10-13)18(21-3)16(19-2)17(20)14-7-5-4-6-8-14/h4-12,16,18-19H,1-3H3/p+1/t16-,18-/m0/s1. The molecule has 110 valence electrons. The van der Waals surface area contributed by atoms with E-state index in [0.29, 0.717) is 0 Å². The Balaban J connectivity index is 2.29. The second-order valence-electron chi connectivity index (χ2n) is 5.16. The topological polar surface area (TPSA) is 42.9 Å². The van der Waals surface area contributed by atoms with Gasteiger partial charge in [0.05, 0.1) is 7.05 Å². The van der Waals surface area contributed by atoms with Crippen molar-refractivity contribution in [2.45, 2.75) is 19.1 Å². The molecule has 0 aliphatic carbocycles. The first-order chi connectivity index (χ1) is 10.2. The van der Waals surface area contributed by atoms with Gasteiger partial charge < -0.3 is 10.1 Å². The van der Waals surface area contributed by atoms with Gasteiger partial charge in [-0.25, -0.2) is 0 Å². The van der Waals surface area contributed by atoms with Crippen molar-refractivity contribution in [1.82, 2.24) is 0 Å². The SMILES string of the molecule is C[NH2+][C@@H](C(=O)c1ccccc1)[C@@H](OC)c1ccc(C)cc1. The van der Waals surface area contributed by atoms with Gasteiger partial charge in [0.15, 0.2) is 6.04 Å². The Morgan fingerprint density at radius 3 is 2.19 bits per heavy atom. The molecule has 0 fully saturated rings. The molecular formula is C18H22NO2+. The van der Waals surface area contributed by atoms with Gasteiger partial charge in [-0.3, -0.25) is 4.79 Å². The Morgan fingerprint density at radius 2 is 1.67 bits per heavy atom. The lowest BCUT2D eigenvalue weighted by molar-refractivity contribution is -0.657. The summed E-state index contributed by atoms with van der Waals surface area (Å²) in [5.41, 5.74) is 2.94. The number of aryl methyl sites for hydroxylation is 1. The predicted molar refractivity (Wildman–Crippen MR) is 83.3 cm³/mol. The third-order valence-electron chi connectivity index (χ3n) is 3.71. The monoisotopic (exact) mass is 284 g/mol. The number of likely N-dealkylation sites (N-methyl/N-ethyl adjacent to an activating group) is 1. The molecule has 3 heteroatoms.